The molecule has 0 aromatic heterocycles. The van der Waals surface area contributed by atoms with Gasteiger partial charge in [-0.3, -0.25) is 24.6 Å². The average molecular weight is 431 g/mol. The summed E-state index contributed by atoms with van der Waals surface area (Å²) in [6.07, 6.45) is 2.60. The van der Waals surface area contributed by atoms with Gasteiger partial charge in [-0.1, -0.05) is 46.8 Å². The van der Waals surface area contributed by atoms with Crippen LogP contribution < -0.4 is 4.74 Å². The number of benzene rings is 1. The quantitative estimate of drug-likeness (QED) is 0.222. The second-order valence-electron chi connectivity index (χ2n) is 10.4. The molecule has 1 heterocycles. The summed E-state index contributed by atoms with van der Waals surface area (Å²) >= 11 is 0. The molecule has 1 aliphatic heterocycles. The molecular weight excluding hydrogens is 396 g/mol. The third-order valence-corrected chi connectivity index (χ3v) is 5.24. The van der Waals surface area contributed by atoms with E-state index in [2.05, 4.69) is 41.2 Å². The summed E-state index contributed by atoms with van der Waals surface area (Å²) in [5.74, 6) is -0.267. The van der Waals surface area contributed by atoms with Crippen LogP contribution in [0.5, 0.6) is 5.75 Å². The van der Waals surface area contributed by atoms with Gasteiger partial charge in [-0.25, -0.2) is 0 Å². The Morgan fingerprint density at radius 2 is 1.81 bits per heavy atom. The van der Waals surface area contributed by atoms with Crippen LogP contribution in [0.4, 0.5) is 5.69 Å². The van der Waals surface area contributed by atoms with Crippen molar-refractivity contribution in [3.8, 4) is 5.75 Å². The fourth-order valence-corrected chi connectivity index (χ4v) is 4.66. The number of carbonyl (C=O) groups is 2. The average Bonchev–Trinajstić information content (AvgIpc) is 2.86. The third-order valence-electron chi connectivity index (χ3n) is 5.24. The Bertz CT molecular complexity index is 837. The monoisotopic (exact) mass is 430 g/mol. The predicted octanol–water partition coefficient (Wildman–Crippen LogP) is 5.15. The number of nitro benzene ring substituents is 1. The lowest BCUT2D eigenvalue weighted by Crippen LogP contribution is -2.34. The highest BCUT2D eigenvalue weighted by Crippen LogP contribution is 2.39. The smallest absolute Gasteiger partial charge is 0.269 e. The molecule has 0 N–H and O–H groups in total. The van der Waals surface area contributed by atoms with Crippen molar-refractivity contribution < 1.29 is 19.2 Å². The molecule has 1 aromatic rings. The van der Waals surface area contributed by atoms with Crippen LogP contribution >= 0.6 is 0 Å². The summed E-state index contributed by atoms with van der Waals surface area (Å²) in [6, 6.07) is 5.70. The molecule has 1 unspecified atom stereocenters. The van der Waals surface area contributed by atoms with Crippen LogP contribution in [-0.2, 0) is 9.59 Å². The van der Waals surface area contributed by atoms with Crippen LogP contribution in [0.1, 0.15) is 60.3 Å². The highest BCUT2D eigenvalue weighted by atomic mass is 16.6. The number of non-ortho nitro benzene ring substituents is 1. The molecule has 170 valence electrons. The molecule has 1 atom stereocenters. The largest absolute Gasteiger partial charge is 0.492 e. The number of nitrogens with zero attached hydrogens (tertiary/aromatic N) is 2. The van der Waals surface area contributed by atoms with Crippen LogP contribution in [0.2, 0.25) is 0 Å². The summed E-state index contributed by atoms with van der Waals surface area (Å²) in [5.41, 5.74) is 1.28. The van der Waals surface area contributed by atoms with Crippen molar-refractivity contribution in [1.29, 1.82) is 0 Å². The Kier molecular flexibility index (Phi) is 7.63. The van der Waals surface area contributed by atoms with E-state index in [4.69, 9.17) is 4.74 Å². The summed E-state index contributed by atoms with van der Waals surface area (Å²) in [6.45, 7) is 15.6. The Morgan fingerprint density at radius 1 is 1.19 bits per heavy atom. The van der Waals surface area contributed by atoms with E-state index in [9.17, 15) is 19.7 Å². The number of ether oxygens (including phenoxy) is 1. The van der Waals surface area contributed by atoms with Crippen molar-refractivity contribution in [3.63, 3.8) is 0 Å². The van der Waals surface area contributed by atoms with Crippen LogP contribution in [-0.4, -0.2) is 34.8 Å². The van der Waals surface area contributed by atoms with Crippen LogP contribution in [0.25, 0.3) is 0 Å². The van der Waals surface area contributed by atoms with Gasteiger partial charge in [0.15, 0.2) is 0 Å². The van der Waals surface area contributed by atoms with Gasteiger partial charge in [-0.15, -0.1) is 0 Å². The van der Waals surface area contributed by atoms with Crippen molar-refractivity contribution in [2.75, 3.05) is 13.2 Å². The van der Waals surface area contributed by atoms with E-state index in [1.807, 2.05) is 0 Å². The SMILES string of the molecule is C=C(CC1CC(=O)N(CCOc2ccc([N+](=O)[O-])cc2)C1=O)CC(C)(C)CC(C)(C)C. The molecule has 1 saturated heterocycles. The topological polar surface area (TPSA) is 89.8 Å². The van der Waals surface area contributed by atoms with Gasteiger partial charge in [0.2, 0.25) is 11.8 Å². The molecule has 0 radical (unpaired) electrons. The summed E-state index contributed by atoms with van der Waals surface area (Å²) < 4.78 is 5.54. The van der Waals surface area contributed by atoms with Crippen molar-refractivity contribution in [2.45, 2.75) is 60.3 Å². The van der Waals surface area contributed by atoms with Gasteiger partial charge in [-0.05, 0) is 42.2 Å². The molecule has 1 aromatic carbocycles. The number of hydrogen-bond acceptors (Lipinski definition) is 5. The zero-order chi connectivity index (χ0) is 23.4. The third kappa shape index (κ3) is 7.49. The van der Waals surface area contributed by atoms with Gasteiger partial charge < -0.3 is 4.74 Å². The Balaban J connectivity index is 1.85. The fourth-order valence-electron chi connectivity index (χ4n) is 4.66. The Hall–Kier alpha value is -2.70. The second-order valence-corrected chi connectivity index (χ2v) is 10.4. The van der Waals surface area contributed by atoms with Gasteiger partial charge in [0.25, 0.3) is 5.69 Å². The summed E-state index contributed by atoms with van der Waals surface area (Å²) in [7, 11) is 0. The number of carbonyl (C=O) groups excluding carboxylic acids is 2. The van der Waals surface area contributed by atoms with Crippen molar-refractivity contribution in [2.24, 2.45) is 16.7 Å². The van der Waals surface area contributed by atoms with Crippen LogP contribution in [0.15, 0.2) is 36.4 Å². The van der Waals surface area contributed by atoms with E-state index in [0.29, 0.717) is 12.2 Å². The van der Waals surface area contributed by atoms with Crippen molar-refractivity contribution in [3.05, 3.63) is 46.5 Å². The number of imide groups is 1. The normalized spacial score (nSPS) is 17.2. The van der Waals surface area contributed by atoms with E-state index in [-0.39, 0.29) is 53.8 Å². The number of hydrogen-bond donors (Lipinski definition) is 0. The zero-order valence-electron chi connectivity index (χ0n) is 19.3. The maximum atomic E-state index is 12.7. The molecule has 7 heteroatoms. The van der Waals surface area contributed by atoms with E-state index in [1.165, 1.54) is 29.2 Å². The number of nitro groups is 1. The van der Waals surface area contributed by atoms with Gasteiger partial charge in [0, 0.05) is 18.6 Å². The lowest BCUT2D eigenvalue weighted by atomic mass is 9.72. The minimum absolute atomic E-state index is 0.0222. The highest BCUT2D eigenvalue weighted by Gasteiger charge is 2.39. The van der Waals surface area contributed by atoms with Gasteiger partial charge in [0.1, 0.15) is 12.4 Å². The molecule has 0 bridgehead atoms. The van der Waals surface area contributed by atoms with Gasteiger partial charge in [-0.2, -0.15) is 0 Å². The number of rotatable bonds is 10. The van der Waals surface area contributed by atoms with Crippen LogP contribution in [0.3, 0.4) is 0 Å². The minimum Gasteiger partial charge on any atom is -0.492 e. The van der Waals surface area contributed by atoms with E-state index >= 15 is 0 Å². The highest BCUT2D eigenvalue weighted by molar-refractivity contribution is 6.03. The first-order chi connectivity index (χ1) is 14.3. The minimum atomic E-state index is -0.483. The van der Waals surface area contributed by atoms with E-state index < -0.39 is 4.92 Å². The predicted molar refractivity (Wildman–Crippen MR) is 120 cm³/mol. The Labute approximate surface area is 184 Å². The van der Waals surface area contributed by atoms with Crippen molar-refractivity contribution in [1.82, 2.24) is 4.90 Å². The first-order valence-corrected chi connectivity index (χ1v) is 10.7. The van der Waals surface area contributed by atoms with Gasteiger partial charge >= 0.3 is 0 Å². The lowest BCUT2D eigenvalue weighted by molar-refractivity contribution is -0.384. The Morgan fingerprint density at radius 3 is 2.35 bits per heavy atom. The standard InChI is InChI=1S/C24H34N2O5/c1-17(15-24(5,6)16-23(2,3)4)13-18-14-21(27)25(22(18)28)11-12-31-20-9-7-19(8-10-20)26(29)30/h7-10,18H,1,11-16H2,2-6H3. The molecule has 1 aliphatic rings. The molecular formula is C24H34N2O5. The lowest BCUT2D eigenvalue weighted by Gasteiger charge is -2.33. The maximum absolute atomic E-state index is 12.7. The number of allylic oxidation sites excluding steroid dienone is 1. The van der Waals surface area contributed by atoms with Gasteiger partial charge in [0.05, 0.1) is 17.4 Å². The summed E-state index contributed by atoms with van der Waals surface area (Å²) in [4.78, 5) is 36.6. The summed E-state index contributed by atoms with van der Waals surface area (Å²) in [5, 5.41) is 10.7. The maximum Gasteiger partial charge on any atom is 0.269 e. The molecule has 2 amide bonds. The molecule has 1 fully saturated rings. The zero-order valence-corrected chi connectivity index (χ0v) is 19.3. The number of likely N-dealkylation sites (tertiary alicyclic amines) is 1. The molecule has 31 heavy (non-hydrogen) atoms. The molecule has 2 rings (SSSR count). The fraction of sp³-hybridized carbons (Fsp3) is 0.583. The van der Waals surface area contributed by atoms with Crippen LogP contribution in [0, 0.1) is 26.9 Å². The molecule has 0 aliphatic carbocycles. The van der Waals surface area contributed by atoms with E-state index in [1.54, 1.807) is 0 Å². The second kappa shape index (κ2) is 9.62. The van der Waals surface area contributed by atoms with Crippen molar-refractivity contribution >= 4 is 17.5 Å². The molecule has 0 spiro atoms. The molecule has 0 saturated carbocycles. The number of amides is 2. The first-order valence-electron chi connectivity index (χ1n) is 10.7. The molecule has 7 nitrogen and oxygen atoms in total. The first kappa shape index (κ1) is 24.6. The van der Waals surface area contributed by atoms with E-state index in [0.717, 1.165) is 18.4 Å².